The number of hydrogen-bond donors (Lipinski definition) is 2. The van der Waals surface area contributed by atoms with Crippen molar-refractivity contribution in [2.24, 2.45) is 4.99 Å². The number of halogens is 1. The lowest BCUT2D eigenvalue weighted by Gasteiger charge is -2.22. The standard InChI is InChI=1S/C22H30N4O2.HI/c1-5-23-22(26(3)16-19-8-12-21(28-4)13-9-19)24-15-14-18-6-10-20(11-7-18)25-17(2)27;/h6-13H,5,14-16H2,1-4H3,(H,23,24)(H,25,27);1H. The zero-order valence-electron chi connectivity index (χ0n) is 17.6. The summed E-state index contributed by atoms with van der Waals surface area (Å²) in [5, 5.41) is 6.12. The molecule has 0 radical (unpaired) electrons. The Labute approximate surface area is 190 Å². The Morgan fingerprint density at radius 1 is 1.07 bits per heavy atom. The van der Waals surface area contributed by atoms with Crippen molar-refractivity contribution < 1.29 is 9.53 Å². The number of carbonyl (C=O) groups excluding carboxylic acids is 1. The summed E-state index contributed by atoms with van der Waals surface area (Å²) < 4.78 is 5.21. The van der Waals surface area contributed by atoms with Crippen LogP contribution in [-0.4, -0.2) is 44.0 Å². The molecule has 0 aromatic heterocycles. The van der Waals surface area contributed by atoms with E-state index in [4.69, 9.17) is 9.73 Å². The number of aliphatic imine (C=N–C) groups is 1. The van der Waals surface area contributed by atoms with Gasteiger partial charge in [0.1, 0.15) is 5.75 Å². The molecule has 6 nitrogen and oxygen atoms in total. The Morgan fingerprint density at radius 3 is 2.24 bits per heavy atom. The van der Waals surface area contributed by atoms with Crippen molar-refractivity contribution in [1.82, 2.24) is 10.2 Å². The molecule has 0 saturated heterocycles. The van der Waals surface area contributed by atoms with Crippen molar-refractivity contribution in [3.05, 3.63) is 59.7 Å². The molecule has 0 atom stereocenters. The molecule has 1 amide bonds. The van der Waals surface area contributed by atoms with Crippen molar-refractivity contribution in [1.29, 1.82) is 0 Å². The zero-order valence-corrected chi connectivity index (χ0v) is 19.9. The average molecular weight is 510 g/mol. The summed E-state index contributed by atoms with van der Waals surface area (Å²) in [4.78, 5) is 17.9. The highest BCUT2D eigenvalue weighted by Gasteiger charge is 2.07. The molecule has 2 aromatic carbocycles. The van der Waals surface area contributed by atoms with E-state index >= 15 is 0 Å². The number of benzene rings is 2. The lowest BCUT2D eigenvalue weighted by Crippen LogP contribution is -2.38. The molecular formula is C22H31IN4O2. The zero-order chi connectivity index (χ0) is 20.4. The molecule has 2 rings (SSSR count). The molecular weight excluding hydrogens is 479 g/mol. The first-order valence-electron chi connectivity index (χ1n) is 9.50. The molecule has 0 aliphatic heterocycles. The molecule has 0 saturated carbocycles. The first-order valence-corrected chi connectivity index (χ1v) is 9.50. The van der Waals surface area contributed by atoms with E-state index in [2.05, 4.69) is 34.6 Å². The summed E-state index contributed by atoms with van der Waals surface area (Å²) in [6.45, 7) is 5.85. The average Bonchev–Trinajstić information content (AvgIpc) is 2.68. The molecule has 0 spiro atoms. The predicted molar refractivity (Wildman–Crippen MR) is 130 cm³/mol. The SMILES string of the molecule is CCNC(=NCCc1ccc(NC(C)=O)cc1)N(C)Cc1ccc(OC)cc1.I. The van der Waals surface area contributed by atoms with Gasteiger partial charge in [0.2, 0.25) is 5.91 Å². The van der Waals surface area contributed by atoms with Crippen molar-refractivity contribution in [2.45, 2.75) is 26.8 Å². The number of nitrogens with one attached hydrogen (secondary N) is 2. The predicted octanol–water partition coefficient (Wildman–Crippen LogP) is 3.91. The highest BCUT2D eigenvalue weighted by atomic mass is 127. The Hall–Kier alpha value is -2.29. The largest absolute Gasteiger partial charge is 0.497 e. The fourth-order valence-electron chi connectivity index (χ4n) is 2.80. The second-order valence-electron chi connectivity index (χ2n) is 6.57. The number of methoxy groups -OCH3 is 1. The molecule has 158 valence electrons. The topological polar surface area (TPSA) is 66.0 Å². The maximum absolute atomic E-state index is 11.1. The van der Waals surface area contributed by atoms with Gasteiger partial charge in [0, 0.05) is 39.3 Å². The lowest BCUT2D eigenvalue weighted by atomic mass is 10.1. The normalized spacial score (nSPS) is 10.7. The van der Waals surface area contributed by atoms with Crippen LogP contribution in [-0.2, 0) is 17.8 Å². The van der Waals surface area contributed by atoms with Gasteiger partial charge in [0.25, 0.3) is 0 Å². The van der Waals surface area contributed by atoms with Gasteiger partial charge in [-0.1, -0.05) is 24.3 Å². The monoisotopic (exact) mass is 510 g/mol. The van der Waals surface area contributed by atoms with E-state index in [1.807, 2.05) is 43.4 Å². The van der Waals surface area contributed by atoms with E-state index in [9.17, 15) is 4.79 Å². The number of hydrogen-bond acceptors (Lipinski definition) is 3. The maximum atomic E-state index is 11.1. The molecule has 0 aliphatic carbocycles. The van der Waals surface area contributed by atoms with Crippen LogP contribution in [0.15, 0.2) is 53.5 Å². The van der Waals surface area contributed by atoms with Crippen LogP contribution in [0.5, 0.6) is 5.75 Å². The van der Waals surface area contributed by atoms with Crippen molar-refractivity contribution in [3.8, 4) is 5.75 Å². The highest BCUT2D eigenvalue weighted by molar-refractivity contribution is 14.0. The molecule has 29 heavy (non-hydrogen) atoms. The molecule has 2 N–H and O–H groups in total. The summed E-state index contributed by atoms with van der Waals surface area (Å²) in [6, 6.07) is 16.0. The third-order valence-corrected chi connectivity index (χ3v) is 4.21. The molecule has 0 heterocycles. The quantitative estimate of drug-likeness (QED) is 0.321. The Balaban J connectivity index is 0.00000420. The Kier molecular flexibility index (Phi) is 11.1. The van der Waals surface area contributed by atoms with Gasteiger partial charge in [-0.25, -0.2) is 0 Å². The van der Waals surface area contributed by atoms with Gasteiger partial charge in [0.05, 0.1) is 7.11 Å². The molecule has 2 aromatic rings. The summed E-state index contributed by atoms with van der Waals surface area (Å²) in [6.07, 6.45) is 0.839. The van der Waals surface area contributed by atoms with Gasteiger partial charge in [-0.2, -0.15) is 0 Å². The highest BCUT2D eigenvalue weighted by Crippen LogP contribution is 2.13. The van der Waals surface area contributed by atoms with Gasteiger partial charge in [0.15, 0.2) is 5.96 Å². The second kappa shape index (κ2) is 13.0. The van der Waals surface area contributed by atoms with Crippen molar-refractivity contribution in [3.63, 3.8) is 0 Å². The third-order valence-electron chi connectivity index (χ3n) is 4.21. The van der Waals surface area contributed by atoms with Gasteiger partial charge < -0.3 is 20.3 Å². The summed E-state index contributed by atoms with van der Waals surface area (Å²) >= 11 is 0. The fourth-order valence-corrected chi connectivity index (χ4v) is 2.80. The minimum atomic E-state index is -0.0625. The van der Waals surface area contributed by atoms with Crippen LogP contribution in [0.2, 0.25) is 0 Å². The van der Waals surface area contributed by atoms with E-state index in [-0.39, 0.29) is 29.9 Å². The van der Waals surface area contributed by atoms with E-state index in [0.29, 0.717) is 6.54 Å². The van der Waals surface area contributed by atoms with Gasteiger partial charge in [-0.3, -0.25) is 9.79 Å². The molecule has 7 heteroatoms. The van der Waals surface area contributed by atoms with Crippen LogP contribution in [0, 0.1) is 0 Å². The Bertz CT molecular complexity index is 776. The van der Waals surface area contributed by atoms with E-state index in [0.717, 1.165) is 36.9 Å². The number of carbonyl (C=O) groups is 1. The van der Waals surface area contributed by atoms with Crippen LogP contribution < -0.4 is 15.4 Å². The number of nitrogens with zero attached hydrogens (tertiary/aromatic N) is 2. The van der Waals surface area contributed by atoms with Crippen LogP contribution in [0.25, 0.3) is 0 Å². The second-order valence-corrected chi connectivity index (χ2v) is 6.57. The first kappa shape index (κ1) is 24.7. The first-order chi connectivity index (χ1) is 13.5. The molecule has 0 unspecified atom stereocenters. The van der Waals surface area contributed by atoms with Crippen LogP contribution >= 0.6 is 24.0 Å². The number of rotatable bonds is 8. The summed E-state index contributed by atoms with van der Waals surface area (Å²) in [7, 11) is 3.71. The van der Waals surface area contributed by atoms with E-state index in [1.54, 1.807) is 7.11 Å². The smallest absolute Gasteiger partial charge is 0.221 e. The minimum Gasteiger partial charge on any atom is -0.497 e. The number of ether oxygens (including phenoxy) is 1. The number of anilines is 1. The summed E-state index contributed by atoms with van der Waals surface area (Å²) in [5.74, 6) is 1.68. The molecule has 0 bridgehead atoms. The third kappa shape index (κ3) is 8.72. The van der Waals surface area contributed by atoms with E-state index < -0.39 is 0 Å². The van der Waals surface area contributed by atoms with Crippen LogP contribution in [0.4, 0.5) is 5.69 Å². The fraction of sp³-hybridized carbons (Fsp3) is 0.364. The Morgan fingerprint density at radius 2 is 1.69 bits per heavy atom. The number of guanidine groups is 1. The van der Waals surface area contributed by atoms with Crippen LogP contribution in [0.1, 0.15) is 25.0 Å². The lowest BCUT2D eigenvalue weighted by molar-refractivity contribution is -0.114. The van der Waals surface area contributed by atoms with Gasteiger partial charge in [-0.05, 0) is 48.7 Å². The van der Waals surface area contributed by atoms with Gasteiger partial charge in [-0.15, -0.1) is 24.0 Å². The van der Waals surface area contributed by atoms with Gasteiger partial charge >= 0.3 is 0 Å². The maximum Gasteiger partial charge on any atom is 0.221 e. The molecule has 0 aliphatic rings. The molecule has 0 fully saturated rings. The van der Waals surface area contributed by atoms with Crippen molar-refractivity contribution >= 4 is 41.5 Å². The van der Waals surface area contributed by atoms with E-state index in [1.165, 1.54) is 18.1 Å². The minimum absolute atomic E-state index is 0. The number of amides is 1. The van der Waals surface area contributed by atoms with Crippen molar-refractivity contribution in [2.75, 3.05) is 32.6 Å². The van der Waals surface area contributed by atoms with Crippen LogP contribution in [0.3, 0.4) is 0 Å². The summed E-state index contributed by atoms with van der Waals surface area (Å²) in [5.41, 5.74) is 3.20.